The minimum Gasteiger partial charge on any atom is -0.382 e. The fraction of sp³-hybridized carbons (Fsp3) is 0.211. The molecule has 0 unspecified atom stereocenters. The molecular weight excluding hydrogens is 314 g/mol. The smallest absolute Gasteiger partial charge is 0.255 e. The van der Waals surface area contributed by atoms with Gasteiger partial charge in [0.05, 0.1) is 5.52 Å². The van der Waals surface area contributed by atoms with Crippen LogP contribution in [0.3, 0.4) is 0 Å². The van der Waals surface area contributed by atoms with Crippen LogP contribution in [0, 0.1) is 0 Å². The Labute approximate surface area is 144 Å². The van der Waals surface area contributed by atoms with Gasteiger partial charge in [0.25, 0.3) is 5.56 Å². The Balaban J connectivity index is 1.90. The highest BCUT2D eigenvalue weighted by Crippen LogP contribution is 2.29. The van der Waals surface area contributed by atoms with E-state index in [1.165, 1.54) is 0 Å². The zero-order valence-corrected chi connectivity index (χ0v) is 14.0. The van der Waals surface area contributed by atoms with Crippen LogP contribution in [-0.4, -0.2) is 19.9 Å². The van der Waals surface area contributed by atoms with Crippen LogP contribution in [-0.2, 0) is 6.42 Å². The first-order valence-electron chi connectivity index (χ1n) is 8.43. The standard InChI is InChI=1S/C19H19N5O/c1-2-3-6-15-23-16-13-8-7-11(12-5-4-9-21-19(12)25)10-14(13)22-18(20)17(16)24-15/h4-5,7-10H,2-3,6H2,1H3,(H2,20,22)(H,21,25)(H,23,24). The van der Waals surface area contributed by atoms with Crippen molar-refractivity contribution in [3.63, 3.8) is 0 Å². The Morgan fingerprint density at radius 3 is 2.88 bits per heavy atom. The first-order valence-corrected chi connectivity index (χ1v) is 8.43. The average molecular weight is 333 g/mol. The van der Waals surface area contributed by atoms with Gasteiger partial charge in [0.2, 0.25) is 0 Å². The van der Waals surface area contributed by atoms with Crippen LogP contribution in [0.5, 0.6) is 0 Å². The van der Waals surface area contributed by atoms with Crippen molar-refractivity contribution in [2.24, 2.45) is 0 Å². The molecule has 3 heterocycles. The summed E-state index contributed by atoms with van der Waals surface area (Å²) in [4.78, 5) is 27.2. The number of imidazole rings is 1. The number of unbranched alkanes of at least 4 members (excludes halogenated alkanes) is 1. The summed E-state index contributed by atoms with van der Waals surface area (Å²) in [6.07, 6.45) is 4.70. The van der Waals surface area contributed by atoms with Crippen LogP contribution >= 0.6 is 0 Å². The van der Waals surface area contributed by atoms with E-state index in [-0.39, 0.29) is 5.56 Å². The quantitative estimate of drug-likeness (QED) is 0.533. The molecule has 0 aliphatic heterocycles. The number of nitrogen functional groups attached to an aromatic ring is 1. The van der Waals surface area contributed by atoms with Gasteiger partial charge in [0.1, 0.15) is 22.7 Å². The molecule has 4 aromatic rings. The van der Waals surface area contributed by atoms with Gasteiger partial charge in [-0.3, -0.25) is 4.79 Å². The van der Waals surface area contributed by atoms with Gasteiger partial charge < -0.3 is 15.7 Å². The number of aromatic amines is 2. The van der Waals surface area contributed by atoms with Crippen LogP contribution in [0.1, 0.15) is 25.6 Å². The highest BCUT2D eigenvalue weighted by atomic mass is 16.1. The SMILES string of the molecule is CCCCc1nc2c([nH]1)c(N)nc1cc(-c3ccc[nH]c3=O)ccc12. The van der Waals surface area contributed by atoms with E-state index >= 15 is 0 Å². The summed E-state index contributed by atoms with van der Waals surface area (Å²) in [6.45, 7) is 2.15. The lowest BCUT2D eigenvalue weighted by Gasteiger charge is -2.05. The maximum atomic E-state index is 12.0. The average Bonchev–Trinajstić information content (AvgIpc) is 3.05. The predicted molar refractivity (Wildman–Crippen MR) is 100 cm³/mol. The molecule has 4 N–H and O–H groups in total. The Bertz CT molecular complexity index is 1130. The maximum Gasteiger partial charge on any atom is 0.255 e. The van der Waals surface area contributed by atoms with E-state index in [9.17, 15) is 4.79 Å². The molecular formula is C19H19N5O. The minimum absolute atomic E-state index is 0.127. The molecule has 4 rings (SSSR count). The number of nitrogens with two attached hydrogens (primary N) is 1. The summed E-state index contributed by atoms with van der Waals surface area (Å²) in [5, 5.41) is 0.930. The Hall–Kier alpha value is -3.15. The van der Waals surface area contributed by atoms with E-state index in [0.717, 1.165) is 52.6 Å². The van der Waals surface area contributed by atoms with Crippen molar-refractivity contribution >= 4 is 27.8 Å². The van der Waals surface area contributed by atoms with Crippen LogP contribution in [0.4, 0.5) is 5.82 Å². The number of aromatic nitrogens is 4. The molecule has 0 saturated heterocycles. The van der Waals surface area contributed by atoms with Crippen molar-refractivity contribution < 1.29 is 0 Å². The Morgan fingerprint density at radius 2 is 2.08 bits per heavy atom. The van der Waals surface area contributed by atoms with E-state index < -0.39 is 0 Å². The van der Waals surface area contributed by atoms with E-state index in [2.05, 4.69) is 21.9 Å². The van der Waals surface area contributed by atoms with Gasteiger partial charge in [-0.1, -0.05) is 19.4 Å². The number of H-pyrrole nitrogens is 2. The van der Waals surface area contributed by atoms with E-state index in [1.54, 1.807) is 18.3 Å². The normalized spacial score (nSPS) is 11.4. The number of nitrogens with zero attached hydrogens (tertiary/aromatic N) is 2. The fourth-order valence-corrected chi connectivity index (χ4v) is 3.09. The molecule has 25 heavy (non-hydrogen) atoms. The molecule has 0 radical (unpaired) electrons. The summed E-state index contributed by atoms with van der Waals surface area (Å²) in [5.74, 6) is 1.36. The highest BCUT2D eigenvalue weighted by Gasteiger charge is 2.13. The third-order valence-corrected chi connectivity index (χ3v) is 4.40. The topological polar surface area (TPSA) is 100 Å². The van der Waals surface area contributed by atoms with Crippen molar-refractivity contribution in [2.45, 2.75) is 26.2 Å². The van der Waals surface area contributed by atoms with Gasteiger partial charge >= 0.3 is 0 Å². The number of benzene rings is 1. The van der Waals surface area contributed by atoms with Crippen molar-refractivity contribution in [1.29, 1.82) is 0 Å². The van der Waals surface area contributed by atoms with Gasteiger partial charge in [-0.15, -0.1) is 0 Å². The highest BCUT2D eigenvalue weighted by molar-refractivity contribution is 6.07. The van der Waals surface area contributed by atoms with Crippen LogP contribution in [0.25, 0.3) is 33.1 Å². The molecule has 1 aromatic carbocycles. The molecule has 0 aliphatic carbocycles. The van der Waals surface area contributed by atoms with Crippen LogP contribution in [0.15, 0.2) is 41.3 Å². The molecule has 0 amide bonds. The first-order chi connectivity index (χ1) is 12.2. The number of pyridine rings is 2. The second kappa shape index (κ2) is 6.05. The van der Waals surface area contributed by atoms with Crippen LogP contribution < -0.4 is 11.3 Å². The zero-order chi connectivity index (χ0) is 17.4. The number of anilines is 1. The molecule has 0 atom stereocenters. The molecule has 0 spiro atoms. The summed E-state index contributed by atoms with van der Waals surface area (Å²) in [5.41, 5.74) is 9.77. The third kappa shape index (κ3) is 2.65. The number of aryl methyl sites for hydroxylation is 1. The van der Waals surface area contributed by atoms with Crippen molar-refractivity contribution in [3.05, 3.63) is 52.7 Å². The predicted octanol–water partition coefficient (Wildman–Crippen LogP) is 3.39. The molecule has 0 aliphatic rings. The third-order valence-electron chi connectivity index (χ3n) is 4.40. The lowest BCUT2D eigenvalue weighted by molar-refractivity contribution is 0.765. The van der Waals surface area contributed by atoms with Gasteiger partial charge in [0.15, 0.2) is 0 Å². The minimum atomic E-state index is -0.127. The molecule has 3 aromatic heterocycles. The second-order valence-corrected chi connectivity index (χ2v) is 6.15. The molecule has 6 nitrogen and oxygen atoms in total. The summed E-state index contributed by atoms with van der Waals surface area (Å²) in [7, 11) is 0. The Morgan fingerprint density at radius 1 is 1.20 bits per heavy atom. The van der Waals surface area contributed by atoms with Crippen molar-refractivity contribution in [1.82, 2.24) is 19.9 Å². The molecule has 0 bridgehead atoms. The Kier molecular flexibility index (Phi) is 3.72. The second-order valence-electron chi connectivity index (χ2n) is 6.15. The van der Waals surface area contributed by atoms with Gasteiger partial charge in [0, 0.05) is 23.6 Å². The van der Waals surface area contributed by atoms with E-state index in [1.807, 2.05) is 18.2 Å². The van der Waals surface area contributed by atoms with Crippen molar-refractivity contribution in [2.75, 3.05) is 5.73 Å². The number of rotatable bonds is 4. The summed E-state index contributed by atoms with van der Waals surface area (Å²) >= 11 is 0. The fourth-order valence-electron chi connectivity index (χ4n) is 3.09. The van der Waals surface area contributed by atoms with Crippen molar-refractivity contribution in [3.8, 4) is 11.1 Å². The van der Waals surface area contributed by atoms with Crippen LogP contribution in [0.2, 0.25) is 0 Å². The van der Waals surface area contributed by atoms with Gasteiger partial charge in [-0.05, 0) is 36.2 Å². The zero-order valence-electron chi connectivity index (χ0n) is 14.0. The maximum absolute atomic E-state index is 12.0. The lowest BCUT2D eigenvalue weighted by atomic mass is 10.0. The number of nitrogens with one attached hydrogen (secondary N) is 2. The lowest BCUT2D eigenvalue weighted by Crippen LogP contribution is -2.06. The van der Waals surface area contributed by atoms with E-state index in [4.69, 9.17) is 10.7 Å². The summed E-state index contributed by atoms with van der Waals surface area (Å²) < 4.78 is 0. The molecule has 6 heteroatoms. The molecule has 0 fully saturated rings. The molecule has 126 valence electrons. The van der Waals surface area contributed by atoms with Gasteiger partial charge in [-0.2, -0.15) is 0 Å². The number of hydrogen-bond acceptors (Lipinski definition) is 4. The van der Waals surface area contributed by atoms with Gasteiger partial charge in [-0.25, -0.2) is 9.97 Å². The van der Waals surface area contributed by atoms with E-state index in [0.29, 0.717) is 11.4 Å². The molecule has 0 saturated carbocycles. The largest absolute Gasteiger partial charge is 0.382 e. The summed E-state index contributed by atoms with van der Waals surface area (Å²) in [6, 6.07) is 9.36. The first kappa shape index (κ1) is 15.4. The monoisotopic (exact) mass is 333 g/mol. The number of hydrogen-bond donors (Lipinski definition) is 3. The number of fused-ring (bicyclic) bond motifs is 3.